The first-order chi connectivity index (χ1) is 7.41. The van der Waals surface area contributed by atoms with E-state index in [1.165, 1.54) is 5.69 Å². The number of primary amides is 1. The molecule has 1 heterocycles. The standard InChI is InChI=1S/C11H20N4O/c1-11(2,8-10(12)16)13-6-4-9-5-7-14-15(9)3/h5,7,13H,4,6,8H2,1-3H3,(H2,12,16). The van der Waals surface area contributed by atoms with Crippen LogP contribution in [-0.2, 0) is 18.3 Å². The van der Waals surface area contributed by atoms with Crippen LogP contribution in [-0.4, -0.2) is 27.8 Å². The van der Waals surface area contributed by atoms with Crippen LogP contribution in [0.3, 0.4) is 0 Å². The van der Waals surface area contributed by atoms with E-state index in [0.29, 0.717) is 6.42 Å². The molecule has 5 nitrogen and oxygen atoms in total. The first-order valence-electron chi connectivity index (χ1n) is 5.41. The van der Waals surface area contributed by atoms with Gasteiger partial charge in [0.1, 0.15) is 0 Å². The molecule has 0 spiro atoms. The lowest BCUT2D eigenvalue weighted by atomic mass is 10.0. The van der Waals surface area contributed by atoms with Crippen molar-refractivity contribution in [1.82, 2.24) is 15.1 Å². The number of aromatic nitrogens is 2. The molecule has 0 aliphatic heterocycles. The SMILES string of the molecule is Cn1nccc1CCNC(C)(C)CC(N)=O. The molecule has 3 N–H and O–H groups in total. The zero-order valence-corrected chi connectivity index (χ0v) is 10.2. The molecule has 90 valence electrons. The second kappa shape index (κ2) is 5.12. The summed E-state index contributed by atoms with van der Waals surface area (Å²) in [6.45, 7) is 4.75. The highest BCUT2D eigenvalue weighted by Crippen LogP contribution is 2.07. The van der Waals surface area contributed by atoms with Gasteiger partial charge in [0.25, 0.3) is 0 Å². The van der Waals surface area contributed by atoms with Gasteiger partial charge in [-0.2, -0.15) is 5.10 Å². The summed E-state index contributed by atoms with van der Waals surface area (Å²) >= 11 is 0. The zero-order chi connectivity index (χ0) is 12.2. The normalized spacial score (nSPS) is 11.7. The van der Waals surface area contributed by atoms with E-state index in [-0.39, 0.29) is 11.4 Å². The van der Waals surface area contributed by atoms with Crippen molar-refractivity contribution < 1.29 is 4.79 Å². The van der Waals surface area contributed by atoms with E-state index in [1.54, 1.807) is 6.20 Å². The van der Waals surface area contributed by atoms with E-state index in [1.807, 2.05) is 31.6 Å². The Morgan fingerprint density at radius 3 is 2.81 bits per heavy atom. The molecular formula is C11H20N4O. The van der Waals surface area contributed by atoms with Crippen LogP contribution in [0.25, 0.3) is 0 Å². The number of hydrogen-bond acceptors (Lipinski definition) is 3. The largest absolute Gasteiger partial charge is 0.370 e. The van der Waals surface area contributed by atoms with E-state index in [0.717, 1.165) is 13.0 Å². The molecule has 0 unspecified atom stereocenters. The van der Waals surface area contributed by atoms with Gasteiger partial charge in [-0.25, -0.2) is 0 Å². The molecule has 0 aliphatic carbocycles. The third-order valence-electron chi connectivity index (χ3n) is 2.52. The fraction of sp³-hybridized carbons (Fsp3) is 0.636. The molecule has 16 heavy (non-hydrogen) atoms. The number of aryl methyl sites for hydroxylation is 1. The number of nitrogens with one attached hydrogen (secondary N) is 1. The Morgan fingerprint density at radius 1 is 1.62 bits per heavy atom. The summed E-state index contributed by atoms with van der Waals surface area (Å²) in [7, 11) is 1.92. The summed E-state index contributed by atoms with van der Waals surface area (Å²) < 4.78 is 1.85. The zero-order valence-electron chi connectivity index (χ0n) is 10.2. The average molecular weight is 224 g/mol. The van der Waals surface area contributed by atoms with Crippen molar-refractivity contribution in [3.8, 4) is 0 Å². The van der Waals surface area contributed by atoms with E-state index < -0.39 is 0 Å². The first-order valence-corrected chi connectivity index (χ1v) is 5.41. The number of carbonyl (C=O) groups excluding carboxylic acids is 1. The quantitative estimate of drug-likeness (QED) is 0.725. The molecule has 1 aromatic rings. The lowest BCUT2D eigenvalue weighted by Gasteiger charge is -2.24. The predicted molar refractivity (Wildman–Crippen MR) is 62.8 cm³/mol. The molecule has 0 saturated heterocycles. The first kappa shape index (κ1) is 12.7. The lowest BCUT2D eigenvalue weighted by molar-refractivity contribution is -0.119. The van der Waals surface area contributed by atoms with Crippen LogP contribution in [0.15, 0.2) is 12.3 Å². The van der Waals surface area contributed by atoms with Crippen LogP contribution in [0, 0.1) is 0 Å². The lowest BCUT2D eigenvalue weighted by Crippen LogP contribution is -2.43. The van der Waals surface area contributed by atoms with Crippen molar-refractivity contribution >= 4 is 5.91 Å². The Morgan fingerprint density at radius 2 is 2.31 bits per heavy atom. The number of nitrogens with zero attached hydrogens (tertiary/aromatic N) is 2. The van der Waals surface area contributed by atoms with Crippen molar-refractivity contribution in [2.75, 3.05) is 6.54 Å². The topological polar surface area (TPSA) is 72.9 Å². The molecule has 1 rings (SSSR count). The summed E-state index contributed by atoms with van der Waals surface area (Å²) in [6, 6.07) is 1.99. The fourth-order valence-electron chi connectivity index (χ4n) is 1.67. The molecule has 0 fully saturated rings. The van der Waals surface area contributed by atoms with Gasteiger partial charge in [0.15, 0.2) is 0 Å². The van der Waals surface area contributed by atoms with Gasteiger partial charge in [0.05, 0.1) is 0 Å². The van der Waals surface area contributed by atoms with Crippen molar-refractivity contribution in [1.29, 1.82) is 0 Å². The van der Waals surface area contributed by atoms with E-state index >= 15 is 0 Å². The summed E-state index contributed by atoms with van der Waals surface area (Å²) in [6.07, 6.45) is 3.01. The third kappa shape index (κ3) is 4.02. The van der Waals surface area contributed by atoms with Gasteiger partial charge < -0.3 is 11.1 Å². The predicted octanol–water partition coefficient (Wildman–Crippen LogP) is 0.206. The Bertz CT molecular complexity index is 357. The van der Waals surface area contributed by atoms with Crippen molar-refractivity contribution in [2.24, 2.45) is 12.8 Å². The van der Waals surface area contributed by atoms with E-state index in [4.69, 9.17) is 5.73 Å². The average Bonchev–Trinajstić information content (AvgIpc) is 2.49. The number of rotatable bonds is 6. The van der Waals surface area contributed by atoms with Crippen molar-refractivity contribution in [2.45, 2.75) is 32.2 Å². The van der Waals surface area contributed by atoms with Crippen LogP contribution in [0.1, 0.15) is 26.0 Å². The van der Waals surface area contributed by atoms with Gasteiger partial charge in [-0.05, 0) is 19.9 Å². The van der Waals surface area contributed by atoms with Crippen LogP contribution >= 0.6 is 0 Å². The van der Waals surface area contributed by atoms with Crippen LogP contribution in [0.2, 0.25) is 0 Å². The molecule has 1 amide bonds. The molecule has 0 atom stereocenters. The monoisotopic (exact) mass is 224 g/mol. The molecule has 0 radical (unpaired) electrons. The molecule has 0 aliphatic rings. The van der Waals surface area contributed by atoms with Crippen LogP contribution < -0.4 is 11.1 Å². The van der Waals surface area contributed by atoms with Gasteiger partial charge in [-0.3, -0.25) is 9.48 Å². The Hall–Kier alpha value is -1.36. The molecule has 0 bridgehead atoms. The minimum absolute atomic E-state index is 0.246. The minimum atomic E-state index is -0.280. The maximum Gasteiger partial charge on any atom is 0.219 e. The minimum Gasteiger partial charge on any atom is -0.370 e. The third-order valence-corrected chi connectivity index (χ3v) is 2.52. The molecule has 5 heteroatoms. The van der Waals surface area contributed by atoms with Gasteiger partial charge in [-0.15, -0.1) is 0 Å². The maximum absolute atomic E-state index is 10.8. The number of carbonyl (C=O) groups is 1. The second-order valence-corrected chi connectivity index (χ2v) is 4.65. The number of hydrogen-bond donors (Lipinski definition) is 2. The Kier molecular flexibility index (Phi) is 4.06. The smallest absolute Gasteiger partial charge is 0.219 e. The van der Waals surface area contributed by atoms with Crippen molar-refractivity contribution in [3.05, 3.63) is 18.0 Å². The molecule has 1 aromatic heterocycles. The Balaban J connectivity index is 2.35. The summed E-state index contributed by atoms with van der Waals surface area (Å²) in [5, 5.41) is 7.41. The van der Waals surface area contributed by atoms with Gasteiger partial charge in [0, 0.05) is 43.9 Å². The number of amides is 1. The van der Waals surface area contributed by atoms with Crippen LogP contribution in [0.4, 0.5) is 0 Å². The highest BCUT2D eigenvalue weighted by molar-refractivity contribution is 5.74. The second-order valence-electron chi connectivity index (χ2n) is 4.65. The highest BCUT2D eigenvalue weighted by atomic mass is 16.1. The fourth-order valence-corrected chi connectivity index (χ4v) is 1.67. The van der Waals surface area contributed by atoms with Crippen molar-refractivity contribution in [3.63, 3.8) is 0 Å². The van der Waals surface area contributed by atoms with Gasteiger partial charge in [-0.1, -0.05) is 0 Å². The molecule has 0 saturated carbocycles. The molecular weight excluding hydrogens is 204 g/mol. The Labute approximate surface area is 96.0 Å². The van der Waals surface area contributed by atoms with Gasteiger partial charge in [0.2, 0.25) is 5.91 Å². The van der Waals surface area contributed by atoms with Crippen LogP contribution in [0.5, 0.6) is 0 Å². The van der Waals surface area contributed by atoms with E-state index in [9.17, 15) is 4.79 Å². The van der Waals surface area contributed by atoms with E-state index in [2.05, 4.69) is 10.4 Å². The van der Waals surface area contributed by atoms with Gasteiger partial charge >= 0.3 is 0 Å². The summed E-state index contributed by atoms with van der Waals surface area (Å²) in [4.78, 5) is 10.8. The summed E-state index contributed by atoms with van der Waals surface area (Å²) in [5.41, 5.74) is 6.10. The molecule has 0 aromatic carbocycles. The summed E-state index contributed by atoms with van der Waals surface area (Å²) in [5.74, 6) is -0.280. The highest BCUT2D eigenvalue weighted by Gasteiger charge is 2.19. The maximum atomic E-state index is 10.8. The number of nitrogens with two attached hydrogens (primary N) is 1.